The van der Waals surface area contributed by atoms with Crippen LogP contribution in [0.4, 0.5) is 23.7 Å². The molecule has 2 aromatic rings. The van der Waals surface area contributed by atoms with E-state index in [1.165, 1.54) is 12.1 Å². The lowest BCUT2D eigenvalue weighted by Crippen LogP contribution is -2.28. The summed E-state index contributed by atoms with van der Waals surface area (Å²) < 4.78 is 37.7. The Hall–Kier alpha value is -2.21. The van der Waals surface area contributed by atoms with Crippen LogP contribution >= 0.6 is 11.6 Å². The summed E-state index contributed by atoms with van der Waals surface area (Å²) in [6.45, 7) is 0.214. The van der Waals surface area contributed by atoms with Gasteiger partial charge in [0.05, 0.1) is 5.56 Å². The number of urea groups is 1. The van der Waals surface area contributed by atoms with Crippen LogP contribution in [0.3, 0.4) is 0 Å². The van der Waals surface area contributed by atoms with Crippen LogP contribution in [0.5, 0.6) is 0 Å². The highest BCUT2D eigenvalue weighted by atomic mass is 35.5. The van der Waals surface area contributed by atoms with Crippen molar-refractivity contribution in [2.45, 2.75) is 12.7 Å². The summed E-state index contributed by atoms with van der Waals surface area (Å²) in [4.78, 5) is 11.7. The first kappa shape index (κ1) is 16.2. The highest BCUT2D eigenvalue weighted by Gasteiger charge is 2.30. The summed E-state index contributed by atoms with van der Waals surface area (Å²) in [6.07, 6.45) is -4.45. The lowest BCUT2D eigenvalue weighted by Gasteiger charge is -2.11. The molecule has 0 aliphatic heterocycles. The Labute approximate surface area is 130 Å². The SMILES string of the molecule is O=C(NCc1cccc(Cl)c1)Nc1cccc(C(F)(F)F)c1. The number of halogens is 4. The standard InChI is InChI=1S/C15H12ClF3N2O/c16-12-5-1-3-10(7-12)9-20-14(22)21-13-6-2-4-11(8-13)15(17,18)19/h1-8H,9H2,(H2,20,21,22). The van der Waals surface area contributed by atoms with E-state index in [9.17, 15) is 18.0 Å². The molecular weight excluding hydrogens is 317 g/mol. The molecule has 0 fully saturated rings. The predicted octanol–water partition coefficient (Wildman–Crippen LogP) is 4.68. The van der Waals surface area contributed by atoms with Gasteiger partial charge in [0.25, 0.3) is 0 Å². The van der Waals surface area contributed by atoms with Gasteiger partial charge in [-0.15, -0.1) is 0 Å². The van der Waals surface area contributed by atoms with E-state index in [0.717, 1.165) is 17.7 Å². The molecule has 0 heterocycles. The van der Waals surface area contributed by atoms with Crippen LogP contribution in [0.1, 0.15) is 11.1 Å². The molecule has 0 radical (unpaired) electrons. The molecule has 3 nitrogen and oxygen atoms in total. The number of carbonyl (C=O) groups excluding carboxylic acids is 1. The van der Waals surface area contributed by atoms with Crippen LogP contribution in [-0.4, -0.2) is 6.03 Å². The fourth-order valence-corrected chi connectivity index (χ4v) is 1.99. The summed E-state index contributed by atoms with van der Waals surface area (Å²) in [6, 6.07) is 10.7. The first-order valence-corrected chi connectivity index (χ1v) is 6.69. The molecule has 0 aliphatic carbocycles. The monoisotopic (exact) mass is 328 g/mol. The van der Waals surface area contributed by atoms with Crippen molar-refractivity contribution in [3.63, 3.8) is 0 Å². The van der Waals surface area contributed by atoms with Crippen molar-refractivity contribution in [1.29, 1.82) is 0 Å². The van der Waals surface area contributed by atoms with Gasteiger partial charge >= 0.3 is 12.2 Å². The van der Waals surface area contributed by atoms with Crippen LogP contribution in [0.25, 0.3) is 0 Å². The maximum atomic E-state index is 12.6. The second-order valence-corrected chi connectivity index (χ2v) is 4.95. The second-order valence-electron chi connectivity index (χ2n) is 4.52. The number of nitrogens with one attached hydrogen (secondary N) is 2. The van der Waals surface area contributed by atoms with Crippen LogP contribution in [0.15, 0.2) is 48.5 Å². The van der Waals surface area contributed by atoms with Gasteiger partial charge in [-0.3, -0.25) is 0 Å². The Balaban J connectivity index is 1.95. The van der Waals surface area contributed by atoms with Crippen LogP contribution in [-0.2, 0) is 12.7 Å². The number of alkyl halides is 3. The number of rotatable bonds is 3. The number of amides is 2. The Kier molecular flexibility index (Phi) is 4.92. The lowest BCUT2D eigenvalue weighted by atomic mass is 10.2. The van der Waals surface area contributed by atoms with E-state index < -0.39 is 17.8 Å². The van der Waals surface area contributed by atoms with E-state index >= 15 is 0 Å². The zero-order chi connectivity index (χ0) is 16.2. The van der Waals surface area contributed by atoms with Crippen molar-refractivity contribution >= 4 is 23.3 Å². The third kappa shape index (κ3) is 4.66. The first-order chi connectivity index (χ1) is 10.3. The lowest BCUT2D eigenvalue weighted by molar-refractivity contribution is -0.137. The van der Waals surface area contributed by atoms with Crippen LogP contribution in [0, 0.1) is 0 Å². The van der Waals surface area contributed by atoms with Crippen LogP contribution in [0.2, 0.25) is 5.02 Å². The summed E-state index contributed by atoms with van der Waals surface area (Å²) in [5.74, 6) is 0. The van der Waals surface area contributed by atoms with Gasteiger partial charge in [-0.25, -0.2) is 4.79 Å². The largest absolute Gasteiger partial charge is 0.416 e. The van der Waals surface area contributed by atoms with Crippen molar-refractivity contribution in [1.82, 2.24) is 5.32 Å². The average molecular weight is 329 g/mol. The molecule has 7 heteroatoms. The summed E-state index contributed by atoms with van der Waals surface area (Å²) in [7, 11) is 0. The molecule has 2 rings (SSSR count). The van der Waals surface area contributed by atoms with Gasteiger partial charge in [0.15, 0.2) is 0 Å². The fraction of sp³-hybridized carbons (Fsp3) is 0.133. The molecule has 0 aromatic heterocycles. The Morgan fingerprint density at radius 3 is 2.50 bits per heavy atom. The van der Waals surface area contributed by atoms with Gasteiger partial charge in [-0.1, -0.05) is 29.8 Å². The first-order valence-electron chi connectivity index (χ1n) is 6.31. The maximum Gasteiger partial charge on any atom is 0.416 e. The summed E-state index contributed by atoms with van der Waals surface area (Å²) >= 11 is 5.82. The third-order valence-electron chi connectivity index (χ3n) is 2.79. The third-order valence-corrected chi connectivity index (χ3v) is 3.02. The molecule has 0 bridgehead atoms. The Bertz CT molecular complexity index is 674. The molecule has 0 saturated carbocycles. The van der Waals surface area contributed by atoms with E-state index in [0.29, 0.717) is 5.02 Å². The number of carbonyl (C=O) groups is 1. The van der Waals surface area contributed by atoms with Gasteiger partial charge in [0, 0.05) is 17.3 Å². The number of anilines is 1. The number of hydrogen-bond acceptors (Lipinski definition) is 1. The highest BCUT2D eigenvalue weighted by Crippen LogP contribution is 2.30. The number of benzene rings is 2. The molecule has 2 N–H and O–H groups in total. The van der Waals surface area contributed by atoms with Crippen molar-refractivity contribution in [3.05, 3.63) is 64.7 Å². The minimum Gasteiger partial charge on any atom is -0.334 e. The van der Waals surface area contributed by atoms with Crippen molar-refractivity contribution in [2.24, 2.45) is 0 Å². The molecule has 0 atom stereocenters. The van der Waals surface area contributed by atoms with E-state index in [1.807, 2.05) is 0 Å². The van der Waals surface area contributed by atoms with Crippen molar-refractivity contribution in [3.8, 4) is 0 Å². The topological polar surface area (TPSA) is 41.1 Å². The van der Waals surface area contributed by atoms with Gasteiger partial charge in [-0.2, -0.15) is 13.2 Å². The van der Waals surface area contributed by atoms with E-state index in [4.69, 9.17) is 11.6 Å². The normalized spacial score (nSPS) is 11.1. The molecule has 116 valence electrons. The zero-order valence-electron chi connectivity index (χ0n) is 11.2. The predicted molar refractivity (Wildman–Crippen MR) is 78.8 cm³/mol. The average Bonchev–Trinajstić information content (AvgIpc) is 2.45. The van der Waals surface area contributed by atoms with Gasteiger partial charge in [0.2, 0.25) is 0 Å². The smallest absolute Gasteiger partial charge is 0.334 e. The molecule has 2 aromatic carbocycles. The molecule has 2 amide bonds. The van der Waals surface area contributed by atoms with E-state index in [-0.39, 0.29) is 12.2 Å². The maximum absolute atomic E-state index is 12.6. The quantitative estimate of drug-likeness (QED) is 0.844. The van der Waals surface area contributed by atoms with E-state index in [2.05, 4.69) is 10.6 Å². The molecule has 0 unspecified atom stereocenters. The van der Waals surface area contributed by atoms with Gasteiger partial charge in [-0.05, 0) is 35.9 Å². The number of hydrogen-bond donors (Lipinski definition) is 2. The minimum absolute atomic E-state index is 0.0680. The zero-order valence-corrected chi connectivity index (χ0v) is 12.0. The van der Waals surface area contributed by atoms with E-state index in [1.54, 1.807) is 24.3 Å². The summed E-state index contributed by atoms with van der Waals surface area (Å²) in [5.41, 5.74) is 0.0326. The second kappa shape index (κ2) is 6.70. The molecule has 22 heavy (non-hydrogen) atoms. The highest BCUT2D eigenvalue weighted by molar-refractivity contribution is 6.30. The molecule has 0 saturated heterocycles. The summed E-state index contributed by atoms with van der Waals surface area (Å²) in [5, 5.41) is 5.44. The molecule has 0 spiro atoms. The Morgan fingerprint density at radius 1 is 1.09 bits per heavy atom. The van der Waals surface area contributed by atoms with Crippen molar-refractivity contribution in [2.75, 3.05) is 5.32 Å². The van der Waals surface area contributed by atoms with Gasteiger partial charge in [0.1, 0.15) is 0 Å². The van der Waals surface area contributed by atoms with Crippen molar-refractivity contribution < 1.29 is 18.0 Å². The Morgan fingerprint density at radius 2 is 1.82 bits per heavy atom. The molecule has 0 aliphatic rings. The fourth-order valence-electron chi connectivity index (χ4n) is 1.78. The molecular formula is C15H12ClF3N2O. The van der Waals surface area contributed by atoms with Gasteiger partial charge < -0.3 is 10.6 Å². The van der Waals surface area contributed by atoms with Crippen LogP contribution < -0.4 is 10.6 Å². The minimum atomic E-state index is -4.45.